The number of allylic oxidation sites excluding steroid dienone is 3. The fourth-order valence-electron chi connectivity index (χ4n) is 7.34. The maximum atomic E-state index is 6.32. The summed E-state index contributed by atoms with van der Waals surface area (Å²) in [7, 11) is 0. The highest BCUT2D eigenvalue weighted by atomic mass is 16.5. The van der Waals surface area contributed by atoms with Crippen LogP contribution in [0.5, 0.6) is 5.75 Å². The highest BCUT2D eigenvalue weighted by molar-refractivity contribution is 6.02. The number of ether oxygens (including phenoxy) is 1. The van der Waals surface area contributed by atoms with Crippen LogP contribution in [0.25, 0.3) is 67.3 Å². The van der Waals surface area contributed by atoms with E-state index in [1.165, 1.54) is 27.6 Å². The van der Waals surface area contributed by atoms with Gasteiger partial charge in [0.1, 0.15) is 23.2 Å². The molecule has 2 aromatic heterocycles. The van der Waals surface area contributed by atoms with Crippen LogP contribution in [0.3, 0.4) is 0 Å². The van der Waals surface area contributed by atoms with Crippen LogP contribution in [0.15, 0.2) is 138 Å². The second kappa shape index (κ2) is 10.7. The molecule has 5 aromatic carbocycles. The van der Waals surface area contributed by atoms with Crippen LogP contribution in [0, 0.1) is 0 Å². The van der Waals surface area contributed by atoms with Gasteiger partial charge in [-0.15, -0.1) is 0 Å². The third kappa shape index (κ3) is 4.43. The molecule has 0 saturated carbocycles. The predicted octanol–water partition coefficient (Wildman–Crippen LogP) is 10.2. The van der Waals surface area contributed by atoms with Gasteiger partial charge in [0.05, 0.1) is 0 Å². The van der Waals surface area contributed by atoms with Gasteiger partial charge in [-0.25, -0.2) is 15.0 Å². The summed E-state index contributed by atoms with van der Waals surface area (Å²) >= 11 is 0. The second-order valence-electron chi connectivity index (χ2n) is 12.6. The Balaban J connectivity index is 1.05. The van der Waals surface area contributed by atoms with Crippen molar-refractivity contribution in [3.63, 3.8) is 0 Å². The van der Waals surface area contributed by atoms with Crippen molar-refractivity contribution in [1.29, 1.82) is 0 Å². The molecule has 0 spiro atoms. The van der Waals surface area contributed by atoms with E-state index in [1.807, 2.05) is 42.5 Å². The van der Waals surface area contributed by atoms with Crippen LogP contribution in [-0.2, 0) is 6.42 Å². The Labute approximate surface area is 277 Å². The molecule has 0 bridgehead atoms. The van der Waals surface area contributed by atoms with Crippen LogP contribution in [0.1, 0.15) is 35.1 Å². The van der Waals surface area contributed by atoms with Gasteiger partial charge in [-0.1, -0.05) is 109 Å². The fraction of sp³-hybridized carbons (Fsp3) is 0.0930. The minimum atomic E-state index is -0.0907. The standard InChI is InChI=1S/C43H29N3O2/c1-2-9-26(10-3-1)41-44-42(46-43(45-41)31-21-22-34-33-11-4-6-14-36(33)48-39(34)25-31)30-20-18-27-23-29(19-17-28(27)24-30)32-13-8-16-38-40(32)35-12-5-7-15-37(35)47-38/h1-6,8-14,16-25,34,39H,7,15H2. The smallest absolute Gasteiger partial charge is 0.164 e. The maximum absolute atomic E-state index is 6.32. The molecule has 0 amide bonds. The van der Waals surface area contributed by atoms with E-state index in [1.54, 1.807) is 0 Å². The minimum absolute atomic E-state index is 0.0907. The number of rotatable bonds is 4. The van der Waals surface area contributed by atoms with E-state index in [9.17, 15) is 0 Å². The van der Waals surface area contributed by atoms with Crippen LogP contribution in [-0.4, -0.2) is 21.1 Å². The summed E-state index contributed by atoms with van der Waals surface area (Å²) in [4.78, 5) is 15.0. The van der Waals surface area contributed by atoms with Crippen molar-refractivity contribution in [2.45, 2.75) is 24.9 Å². The molecule has 7 aromatic rings. The minimum Gasteiger partial charge on any atom is -0.485 e. The number of fused-ring (bicyclic) bond motifs is 7. The number of benzene rings is 5. The molecule has 2 aliphatic carbocycles. The number of nitrogens with zero attached hydrogens (tertiary/aromatic N) is 3. The summed E-state index contributed by atoms with van der Waals surface area (Å²) in [6.45, 7) is 0. The third-order valence-electron chi connectivity index (χ3n) is 9.71. The highest BCUT2D eigenvalue weighted by Gasteiger charge is 2.33. The van der Waals surface area contributed by atoms with Crippen molar-refractivity contribution in [3.8, 4) is 39.7 Å². The summed E-state index contributed by atoms with van der Waals surface area (Å²) in [5.74, 6) is 4.12. The zero-order chi connectivity index (χ0) is 31.6. The number of para-hydroxylation sites is 1. The van der Waals surface area contributed by atoms with Gasteiger partial charge < -0.3 is 9.15 Å². The maximum Gasteiger partial charge on any atom is 0.164 e. The Kier molecular flexibility index (Phi) is 6.06. The Morgan fingerprint density at radius 3 is 2.31 bits per heavy atom. The van der Waals surface area contributed by atoms with E-state index in [4.69, 9.17) is 24.1 Å². The number of hydrogen-bond donors (Lipinski definition) is 0. The van der Waals surface area contributed by atoms with Crippen molar-refractivity contribution in [3.05, 3.63) is 156 Å². The van der Waals surface area contributed by atoms with Gasteiger partial charge in [-0.3, -0.25) is 0 Å². The lowest BCUT2D eigenvalue weighted by atomic mass is 9.89. The topological polar surface area (TPSA) is 61.0 Å². The molecule has 48 heavy (non-hydrogen) atoms. The predicted molar refractivity (Wildman–Crippen MR) is 191 cm³/mol. The molecule has 0 N–H and O–H groups in total. The van der Waals surface area contributed by atoms with Gasteiger partial charge in [-0.05, 0) is 58.7 Å². The number of aryl methyl sites for hydroxylation is 1. The molecule has 3 aliphatic rings. The second-order valence-corrected chi connectivity index (χ2v) is 12.6. The molecule has 228 valence electrons. The van der Waals surface area contributed by atoms with Gasteiger partial charge in [0.25, 0.3) is 0 Å². The first-order valence-corrected chi connectivity index (χ1v) is 16.5. The summed E-state index contributed by atoms with van der Waals surface area (Å²) in [6, 6.07) is 37.8. The molecule has 0 saturated heterocycles. The monoisotopic (exact) mass is 619 g/mol. The first-order valence-electron chi connectivity index (χ1n) is 16.5. The lowest BCUT2D eigenvalue weighted by Crippen LogP contribution is -2.18. The van der Waals surface area contributed by atoms with Crippen molar-refractivity contribution < 1.29 is 9.15 Å². The SMILES string of the molecule is C1=Cc2c(oc3cccc(-c4ccc5cc(-c6nc(C7=CC8Oc9ccccc9C8C=C7)nc(-c7ccccc7)n6)ccc5c4)c23)CC1. The molecule has 0 radical (unpaired) electrons. The molecule has 5 nitrogen and oxygen atoms in total. The lowest BCUT2D eigenvalue weighted by molar-refractivity contribution is 0.269. The van der Waals surface area contributed by atoms with E-state index >= 15 is 0 Å². The van der Waals surface area contributed by atoms with Crippen molar-refractivity contribution in [2.24, 2.45) is 0 Å². The van der Waals surface area contributed by atoms with E-state index in [0.717, 1.165) is 57.4 Å². The van der Waals surface area contributed by atoms with Crippen molar-refractivity contribution in [2.75, 3.05) is 0 Å². The average molecular weight is 620 g/mol. The zero-order valence-electron chi connectivity index (χ0n) is 26.0. The normalized spacial score (nSPS) is 17.5. The van der Waals surface area contributed by atoms with Crippen molar-refractivity contribution in [1.82, 2.24) is 15.0 Å². The Morgan fingerprint density at radius 1 is 0.646 bits per heavy atom. The first kappa shape index (κ1) is 27.1. The summed E-state index contributed by atoms with van der Waals surface area (Å²) in [5, 5.41) is 3.47. The molecule has 10 rings (SSSR count). The zero-order valence-corrected chi connectivity index (χ0v) is 26.0. The van der Waals surface area contributed by atoms with E-state index in [2.05, 4.69) is 97.1 Å². The molecular weight excluding hydrogens is 590 g/mol. The lowest BCUT2D eigenvalue weighted by Gasteiger charge is -2.18. The first-order chi connectivity index (χ1) is 23.7. The van der Waals surface area contributed by atoms with Gasteiger partial charge in [0.2, 0.25) is 0 Å². The van der Waals surface area contributed by atoms with Crippen molar-refractivity contribution >= 4 is 33.4 Å². The van der Waals surface area contributed by atoms with Gasteiger partial charge in [-0.2, -0.15) is 0 Å². The molecule has 5 heteroatoms. The summed E-state index contributed by atoms with van der Waals surface area (Å²) in [6.07, 6.45) is 12.8. The van der Waals surface area contributed by atoms with Gasteiger partial charge in [0, 0.05) is 45.6 Å². The van der Waals surface area contributed by atoms with Crippen LogP contribution in [0.2, 0.25) is 0 Å². The largest absolute Gasteiger partial charge is 0.485 e. The fourth-order valence-corrected chi connectivity index (χ4v) is 7.34. The summed E-state index contributed by atoms with van der Waals surface area (Å²) < 4.78 is 12.6. The molecule has 1 aliphatic heterocycles. The Hall–Kier alpha value is -6.07. The van der Waals surface area contributed by atoms with Crippen LogP contribution < -0.4 is 4.74 Å². The number of aromatic nitrogens is 3. The average Bonchev–Trinajstić information content (AvgIpc) is 3.73. The number of furan rings is 1. The highest BCUT2D eigenvalue weighted by Crippen LogP contribution is 2.43. The Bertz CT molecular complexity index is 2510. The number of hydrogen-bond acceptors (Lipinski definition) is 5. The van der Waals surface area contributed by atoms with Gasteiger partial charge in [0.15, 0.2) is 17.5 Å². The quantitative estimate of drug-likeness (QED) is 0.196. The van der Waals surface area contributed by atoms with E-state index in [0.29, 0.717) is 17.5 Å². The molecule has 3 heterocycles. The third-order valence-corrected chi connectivity index (χ3v) is 9.71. The van der Waals surface area contributed by atoms with Crippen LogP contribution >= 0.6 is 0 Å². The van der Waals surface area contributed by atoms with Gasteiger partial charge >= 0.3 is 0 Å². The molecular formula is C43H29N3O2. The summed E-state index contributed by atoms with van der Waals surface area (Å²) in [5.41, 5.74) is 8.55. The molecule has 2 unspecified atom stereocenters. The van der Waals surface area contributed by atoms with E-state index in [-0.39, 0.29) is 12.0 Å². The van der Waals surface area contributed by atoms with Crippen LogP contribution in [0.4, 0.5) is 0 Å². The Morgan fingerprint density at radius 2 is 1.42 bits per heavy atom. The molecule has 0 fully saturated rings. The van der Waals surface area contributed by atoms with E-state index < -0.39 is 0 Å². The molecule has 2 atom stereocenters.